The molecular formula is C25H27N3O3. The maximum Gasteiger partial charge on any atom is 0.291 e. The second kappa shape index (κ2) is 9.08. The SMILES string of the molecule is Cc1ccc(C(=O)N(C)Cc2ccccc2N2CCCC2)cc1NC(=O)c1ccco1. The molecule has 2 heterocycles. The standard InChI is InChI=1S/C25H27N3O3/c1-18-11-12-19(16-21(18)26-24(29)23-10-7-15-31-23)25(30)27(2)17-20-8-3-4-9-22(20)28-13-5-6-14-28/h3-4,7-12,15-16H,5-6,13-14,17H2,1-2H3,(H,26,29). The molecule has 6 nitrogen and oxygen atoms in total. The van der Waals surface area contributed by atoms with Gasteiger partial charge in [0.2, 0.25) is 0 Å². The molecule has 2 amide bonds. The minimum Gasteiger partial charge on any atom is -0.459 e. The van der Waals surface area contributed by atoms with Gasteiger partial charge in [0, 0.05) is 43.6 Å². The lowest BCUT2D eigenvalue weighted by Gasteiger charge is -2.24. The maximum atomic E-state index is 13.1. The van der Waals surface area contributed by atoms with Crippen molar-refractivity contribution in [2.45, 2.75) is 26.3 Å². The molecule has 0 aliphatic carbocycles. The van der Waals surface area contributed by atoms with Crippen molar-refractivity contribution in [3.05, 3.63) is 83.3 Å². The monoisotopic (exact) mass is 417 g/mol. The van der Waals surface area contributed by atoms with Crippen molar-refractivity contribution in [3.8, 4) is 0 Å². The summed E-state index contributed by atoms with van der Waals surface area (Å²) in [6.45, 7) is 4.53. The molecule has 0 bridgehead atoms. The summed E-state index contributed by atoms with van der Waals surface area (Å²) in [5.74, 6) is -0.206. The van der Waals surface area contributed by atoms with Gasteiger partial charge in [0.15, 0.2) is 5.76 Å². The van der Waals surface area contributed by atoms with Crippen molar-refractivity contribution >= 4 is 23.2 Å². The molecule has 0 unspecified atom stereocenters. The molecule has 31 heavy (non-hydrogen) atoms. The third kappa shape index (κ3) is 4.63. The average Bonchev–Trinajstić information content (AvgIpc) is 3.49. The third-order valence-corrected chi connectivity index (χ3v) is 5.67. The van der Waals surface area contributed by atoms with E-state index >= 15 is 0 Å². The molecule has 160 valence electrons. The number of rotatable bonds is 6. The first-order valence-electron chi connectivity index (χ1n) is 10.6. The molecule has 3 aromatic rings. The van der Waals surface area contributed by atoms with Crippen LogP contribution >= 0.6 is 0 Å². The number of benzene rings is 2. The van der Waals surface area contributed by atoms with E-state index in [0.29, 0.717) is 17.8 Å². The molecule has 1 saturated heterocycles. The molecule has 0 spiro atoms. The van der Waals surface area contributed by atoms with Gasteiger partial charge in [0.05, 0.1) is 6.26 Å². The van der Waals surface area contributed by atoms with Crippen molar-refractivity contribution < 1.29 is 14.0 Å². The minimum absolute atomic E-state index is 0.0928. The van der Waals surface area contributed by atoms with Crippen molar-refractivity contribution in [1.82, 2.24) is 4.90 Å². The number of aryl methyl sites for hydroxylation is 1. The van der Waals surface area contributed by atoms with E-state index in [1.54, 1.807) is 29.2 Å². The lowest BCUT2D eigenvalue weighted by molar-refractivity contribution is 0.0785. The van der Waals surface area contributed by atoms with E-state index in [4.69, 9.17) is 4.42 Å². The largest absolute Gasteiger partial charge is 0.459 e. The first kappa shape index (κ1) is 20.7. The quantitative estimate of drug-likeness (QED) is 0.631. The molecule has 2 aromatic carbocycles. The Morgan fingerprint density at radius 2 is 1.84 bits per heavy atom. The van der Waals surface area contributed by atoms with E-state index in [9.17, 15) is 9.59 Å². The highest BCUT2D eigenvalue weighted by Gasteiger charge is 2.19. The summed E-state index contributed by atoms with van der Waals surface area (Å²) in [5.41, 5.74) is 4.34. The van der Waals surface area contributed by atoms with Gasteiger partial charge in [-0.15, -0.1) is 0 Å². The summed E-state index contributed by atoms with van der Waals surface area (Å²) in [7, 11) is 1.81. The maximum absolute atomic E-state index is 13.1. The Labute approximate surface area is 182 Å². The van der Waals surface area contributed by atoms with Crippen molar-refractivity contribution in [3.63, 3.8) is 0 Å². The molecule has 1 aliphatic heterocycles. The molecule has 1 fully saturated rings. The van der Waals surface area contributed by atoms with Gasteiger partial charge in [-0.2, -0.15) is 0 Å². The van der Waals surface area contributed by atoms with Crippen LogP contribution in [0.25, 0.3) is 0 Å². The molecule has 0 atom stereocenters. The highest BCUT2D eigenvalue weighted by Crippen LogP contribution is 2.26. The third-order valence-electron chi connectivity index (χ3n) is 5.67. The van der Waals surface area contributed by atoms with Gasteiger partial charge in [-0.05, 0) is 61.2 Å². The summed E-state index contributed by atoms with van der Waals surface area (Å²) < 4.78 is 5.15. The zero-order valence-corrected chi connectivity index (χ0v) is 17.9. The van der Waals surface area contributed by atoms with E-state index in [1.807, 2.05) is 32.2 Å². The number of hydrogen-bond acceptors (Lipinski definition) is 4. The number of nitrogens with one attached hydrogen (secondary N) is 1. The van der Waals surface area contributed by atoms with E-state index in [-0.39, 0.29) is 17.6 Å². The summed E-state index contributed by atoms with van der Waals surface area (Å²) in [6.07, 6.45) is 3.87. The van der Waals surface area contributed by atoms with Gasteiger partial charge >= 0.3 is 0 Å². The Morgan fingerprint density at radius 1 is 1.06 bits per heavy atom. The first-order chi connectivity index (χ1) is 15.0. The number of amides is 2. The fourth-order valence-electron chi connectivity index (χ4n) is 3.94. The molecule has 1 aliphatic rings. The lowest BCUT2D eigenvalue weighted by atomic mass is 10.1. The highest BCUT2D eigenvalue weighted by molar-refractivity contribution is 6.03. The van der Waals surface area contributed by atoms with E-state index in [2.05, 4.69) is 22.3 Å². The number of carbonyl (C=O) groups is 2. The van der Waals surface area contributed by atoms with E-state index < -0.39 is 0 Å². The molecule has 0 saturated carbocycles. The number of para-hydroxylation sites is 1. The Bertz CT molecular complexity index is 1070. The topological polar surface area (TPSA) is 65.8 Å². The van der Waals surface area contributed by atoms with Crippen LogP contribution in [0.5, 0.6) is 0 Å². The fraction of sp³-hybridized carbons (Fsp3) is 0.280. The number of carbonyl (C=O) groups excluding carboxylic acids is 2. The average molecular weight is 418 g/mol. The highest BCUT2D eigenvalue weighted by atomic mass is 16.3. The van der Waals surface area contributed by atoms with Gasteiger partial charge in [0.1, 0.15) is 0 Å². The number of hydrogen-bond donors (Lipinski definition) is 1. The molecule has 4 rings (SSSR count). The van der Waals surface area contributed by atoms with E-state index in [1.165, 1.54) is 24.8 Å². The van der Waals surface area contributed by atoms with Gasteiger partial charge in [-0.25, -0.2) is 0 Å². The zero-order valence-electron chi connectivity index (χ0n) is 17.9. The van der Waals surface area contributed by atoms with Crippen LogP contribution in [0.2, 0.25) is 0 Å². The van der Waals surface area contributed by atoms with Crippen LogP contribution in [0.3, 0.4) is 0 Å². The van der Waals surface area contributed by atoms with Crippen LogP contribution in [0.4, 0.5) is 11.4 Å². The van der Waals surface area contributed by atoms with Gasteiger partial charge < -0.3 is 19.5 Å². The number of furan rings is 1. The van der Waals surface area contributed by atoms with Crippen LogP contribution in [0.1, 0.15) is 44.9 Å². The second-order valence-corrected chi connectivity index (χ2v) is 7.95. The van der Waals surface area contributed by atoms with Gasteiger partial charge in [-0.1, -0.05) is 24.3 Å². The summed E-state index contributed by atoms with van der Waals surface area (Å²) in [5, 5.41) is 2.83. The Morgan fingerprint density at radius 3 is 2.58 bits per heavy atom. The summed E-state index contributed by atoms with van der Waals surface area (Å²) >= 11 is 0. The van der Waals surface area contributed by atoms with E-state index in [0.717, 1.165) is 24.2 Å². The minimum atomic E-state index is -0.342. The lowest BCUT2D eigenvalue weighted by Crippen LogP contribution is -2.28. The Hall–Kier alpha value is -3.54. The molecule has 1 N–H and O–H groups in total. The predicted molar refractivity (Wildman–Crippen MR) is 122 cm³/mol. The predicted octanol–water partition coefficient (Wildman–Crippen LogP) is 4.71. The van der Waals surface area contributed by atoms with Crippen LogP contribution in [0, 0.1) is 6.92 Å². The van der Waals surface area contributed by atoms with Crippen LogP contribution in [-0.4, -0.2) is 36.9 Å². The van der Waals surface area contributed by atoms with Crippen LogP contribution in [0.15, 0.2) is 65.3 Å². The Kier molecular flexibility index (Phi) is 6.07. The summed E-state index contributed by atoms with van der Waals surface area (Å²) in [6, 6.07) is 16.9. The summed E-state index contributed by atoms with van der Waals surface area (Å²) in [4.78, 5) is 29.6. The number of nitrogens with zero attached hydrogens (tertiary/aromatic N) is 2. The zero-order chi connectivity index (χ0) is 21.8. The fourth-order valence-corrected chi connectivity index (χ4v) is 3.94. The number of anilines is 2. The second-order valence-electron chi connectivity index (χ2n) is 7.95. The van der Waals surface area contributed by atoms with Crippen molar-refractivity contribution in [2.24, 2.45) is 0 Å². The van der Waals surface area contributed by atoms with Crippen molar-refractivity contribution in [2.75, 3.05) is 30.4 Å². The van der Waals surface area contributed by atoms with Crippen LogP contribution in [-0.2, 0) is 6.54 Å². The molecule has 6 heteroatoms. The smallest absolute Gasteiger partial charge is 0.291 e. The normalized spacial score (nSPS) is 13.3. The first-order valence-corrected chi connectivity index (χ1v) is 10.6. The van der Waals surface area contributed by atoms with Gasteiger partial charge in [-0.3, -0.25) is 9.59 Å². The molecular weight excluding hydrogens is 390 g/mol. The molecule has 0 radical (unpaired) electrons. The van der Waals surface area contributed by atoms with Crippen LogP contribution < -0.4 is 10.2 Å². The van der Waals surface area contributed by atoms with Gasteiger partial charge in [0.25, 0.3) is 11.8 Å². The molecule has 1 aromatic heterocycles. The Balaban J connectivity index is 1.50. The van der Waals surface area contributed by atoms with Crippen molar-refractivity contribution in [1.29, 1.82) is 0 Å².